The molecule has 1 aliphatic carbocycles. The van der Waals surface area contributed by atoms with E-state index in [4.69, 9.17) is 4.52 Å². The van der Waals surface area contributed by atoms with Gasteiger partial charge in [-0.25, -0.2) is 13.8 Å². The van der Waals surface area contributed by atoms with E-state index in [1.807, 2.05) is 0 Å². The van der Waals surface area contributed by atoms with Gasteiger partial charge in [0.1, 0.15) is 17.1 Å². The molecule has 1 aliphatic rings. The molecule has 0 spiro atoms. The van der Waals surface area contributed by atoms with E-state index >= 15 is 8.78 Å². The second kappa shape index (κ2) is 6.22. The van der Waals surface area contributed by atoms with Crippen LogP contribution < -0.4 is 0 Å². The number of halogens is 2. The molecule has 4 aromatic rings. The van der Waals surface area contributed by atoms with E-state index in [-0.39, 0.29) is 28.3 Å². The number of pyridine rings is 1. The number of fused-ring (bicyclic) bond motifs is 1. The summed E-state index contributed by atoms with van der Waals surface area (Å²) in [4.78, 5) is 11.8. The zero-order valence-electron chi connectivity index (χ0n) is 15.5. The number of aryl methyl sites for hydroxylation is 2. The largest absolute Gasteiger partial charge is 0.361 e. The van der Waals surface area contributed by atoms with Gasteiger partial charge in [0.05, 0.1) is 22.5 Å². The first kappa shape index (κ1) is 17.0. The lowest BCUT2D eigenvalue weighted by Gasteiger charge is -2.12. The van der Waals surface area contributed by atoms with Gasteiger partial charge in [0.25, 0.3) is 0 Å². The number of rotatable bonds is 4. The van der Waals surface area contributed by atoms with Gasteiger partial charge in [-0.3, -0.25) is 4.98 Å². The summed E-state index contributed by atoms with van der Waals surface area (Å²) >= 11 is 0. The van der Waals surface area contributed by atoms with Crippen molar-refractivity contribution in [2.45, 2.75) is 38.8 Å². The molecule has 0 aliphatic heterocycles. The number of hydrogen-bond acceptors (Lipinski definition) is 4. The van der Waals surface area contributed by atoms with Crippen LogP contribution in [0, 0.1) is 19.7 Å². The molecule has 1 atom stereocenters. The van der Waals surface area contributed by atoms with Gasteiger partial charge in [0, 0.05) is 23.2 Å². The molecule has 0 bridgehead atoms. The summed E-state index contributed by atoms with van der Waals surface area (Å²) in [5.41, 5.74) is 2.42. The first-order chi connectivity index (χ1) is 13.5. The molecule has 1 unspecified atom stereocenters. The first-order valence-corrected chi connectivity index (χ1v) is 9.25. The lowest BCUT2D eigenvalue weighted by Crippen LogP contribution is -2.01. The van der Waals surface area contributed by atoms with E-state index < -0.39 is 12.0 Å². The van der Waals surface area contributed by atoms with Gasteiger partial charge in [-0.2, -0.15) is 0 Å². The number of aromatic amines is 1. The highest BCUT2D eigenvalue weighted by Gasteiger charge is 2.31. The summed E-state index contributed by atoms with van der Waals surface area (Å²) in [6, 6.07) is 6.58. The Bertz CT molecular complexity index is 1160. The number of imidazole rings is 1. The Hall–Kier alpha value is -3.09. The van der Waals surface area contributed by atoms with Crippen molar-refractivity contribution >= 4 is 11.0 Å². The lowest BCUT2D eigenvalue weighted by molar-refractivity contribution is 0.393. The van der Waals surface area contributed by atoms with Crippen LogP contribution in [0.25, 0.3) is 22.2 Å². The Morgan fingerprint density at radius 3 is 2.71 bits per heavy atom. The molecule has 142 valence electrons. The van der Waals surface area contributed by atoms with Crippen LogP contribution in [0.1, 0.15) is 53.5 Å². The lowest BCUT2D eigenvalue weighted by atomic mass is 9.96. The smallest absolute Gasteiger partial charge is 0.169 e. The van der Waals surface area contributed by atoms with Gasteiger partial charge >= 0.3 is 0 Å². The number of aromatic nitrogens is 4. The maximum atomic E-state index is 15.5. The van der Waals surface area contributed by atoms with E-state index in [0.29, 0.717) is 28.4 Å². The SMILES string of the molecule is Cc1noc(C)c1-c1cc(C(F)c2ccccn2)c2nc(C3CC3)[nH]c2c1F. The minimum absolute atomic E-state index is 0.216. The number of hydrogen-bond donors (Lipinski definition) is 1. The Balaban J connectivity index is 1.79. The average molecular weight is 380 g/mol. The summed E-state index contributed by atoms with van der Waals surface area (Å²) < 4.78 is 36.2. The molecule has 0 radical (unpaired) electrons. The van der Waals surface area contributed by atoms with Crippen LogP contribution in [0.3, 0.4) is 0 Å². The Morgan fingerprint density at radius 2 is 2.07 bits per heavy atom. The molecule has 0 amide bonds. The van der Waals surface area contributed by atoms with Crippen LogP contribution in [0.2, 0.25) is 0 Å². The van der Waals surface area contributed by atoms with E-state index in [0.717, 1.165) is 12.8 Å². The summed E-state index contributed by atoms with van der Waals surface area (Å²) in [6.45, 7) is 3.45. The Kier molecular flexibility index (Phi) is 3.79. The average Bonchev–Trinajstić information content (AvgIpc) is 3.38. The van der Waals surface area contributed by atoms with Crippen molar-refractivity contribution in [3.63, 3.8) is 0 Å². The molecule has 5 nitrogen and oxygen atoms in total. The summed E-state index contributed by atoms with van der Waals surface area (Å²) in [7, 11) is 0. The maximum absolute atomic E-state index is 15.5. The molecule has 1 fully saturated rings. The Morgan fingerprint density at radius 1 is 1.25 bits per heavy atom. The monoisotopic (exact) mass is 380 g/mol. The molecular formula is C21H18F2N4O. The third-order valence-electron chi connectivity index (χ3n) is 5.24. The highest BCUT2D eigenvalue weighted by molar-refractivity contribution is 5.87. The van der Waals surface area contributed by atoms with E-state index in [9.17, 15) is 0 Å². The maximum Gasteiger partial charge on any atom is 0.169 e. The van der Waals surface area contributed by atoms with Crippen molar-refractivity contribution in [1.29, 1.82) is 0 Å². The van der Waals surface area contributed by atoms with Gasteiger partial charge in [-0.1, -0.05) is 11.2 Å². The highest BCUT2D eigenvalue weighted by Crippen LogP contribution is 2.43. The fraction of sp³-hybridized carbons (Fsp3) is 0.286. The normalized spacial score (nSPS) is 15.3. The molecule has 3 aromatic heterocycles. The van der Waals surface area contributed by atoms with Gasteiger partial charge in [-0.15, -0.1) is 0 Å². The van der Waals surface area contributed by atoms with Crippen molar-refractivity contribution in [2.75, 3.05) is 0 Å². The van der Waals surface area contributed by atoms with Crippen LogP contribution in [0.4, 0.5) is 8.78 Å². The molecule has 3 heterocycles. The predicted octanol–water partition coefficient (Wildman–Crippen LogP) is 5.31. The number of H-pyrrole nitrogens is 1. The van der Waals surface area contributed by atoms with Crippen LogP contribution in [0.5, 0.6) is 0 Å². The number of alkyl halides is 1. The van der Waals surface area contributed by atoms with Crippen molar-refractivity contribution in [3.8, 4) is 11.1 Å². The highest BCUT2D eigenvalue weighted by atomic mass is 19.1. The minimum atomic E-state index is -1.53. The topological polar surface area (TPSA) is 67.6 Å². The molecule has 28 heavy (non-hydrogen) atoms. The zero-order valence-corrected chi connectivity index (χ0v) is 15.5. The zero-order chi connectivity index (χ0) is 19.4. The summed E-state index contributed by atoms with van der Waals surface area (Å²) in [6.07, 6.45) is 2.02. The van der Waals surface area contributed by atoms with Crippen LogP contribution in [0.15, 0.2) is 35.0 Å². The quantitative estimate of drug-likeness (QED) is 0.521. The molecule has 1 N–H and O–H groups in total. The molecule has 7 heteroatoms. The molecule has 1 aromatic carbocycles. The fourth-order valence-corrected chi connectivity index (χ4v) is 3.66. The number of nitrogens with zero attached hydrogens (tertiary/aromatic N) is 3. The Labute approximate surface area is 159 Å². The van der Waals surface area contributed by atoms with Crippen molar-refractivity contribution in [2.24, 2.45) is 0 Å². The van der Waals surface area contributed by atoms with Gasteiger partial charge < -0.3 is 9.51 Å². The summed E-state index contributed by atoms with van der Waals surface area (Å²) in [5.74, 6) is 1.01. The number of benzene rings is 1. The van der Waals surface area contributed by atoms with Crippen LogP contribution in [-0.2, 0) is 0 Å². The third kappa shape index (κ3) is 2.61. The van der Waals surface area contributed by atoms with Crippen molar-refractivity contribution in [3.05, 3.63) is 64.8 Å². The van der Waals surface area contributed by atoms with Gasteiger partial charge in [-0.05, 0) is 44.9 Å². The van der Waals surface area contributed by atoms with Gasteiger partial charge in [0.2, 0.25) is 0 Å². The second-order valence-electron chi connectivity index (χ2n) is 7.26. The standard InChI is InChI=1S/C21H18F2N4O/c1-10-16(11(2)28-27-10)13-9-14(17(22)15-5-3-4-8-24-15)19-20(18(13)23)26-21(25-19)12-6-7-12/h3-5,8-9,12,17H,6-7H2,1-2H3,(H,25,26). The second-order valence-corrected chi connectivity index (χ2v) is 7.26. The minimum Gasteiger partial charge on any atom is -0.361 e. The van der Waals surface area contributed by atoms with Crippen LogP contribution in [-0.4, -0.2) is 20.1 Å². The van der Waals surface area contributed by atoms with Crippen LogP contribution >= 0.6 is 0 Å². The van der Waals surface area contributed by atoms with Gasteiger partial charge in [0.15, 0.2) is 12.0 Å². The molecule has 5 rings (SSSR count). The molecule has 0 saturated heterocycles. The van der Waals surface area contributed by atoms with E-state index in [1.165, 1.54) is 12.3 Å². The van der Waals surface area contributed by atoms with E-state index in [2.05, 4.69) is 20.1 Å². The van der Waals surface area contributed by atoms with Crippen molar-refractivity contribution in [1.82, 2.24) is 20.1 Å². The molecule has 1 saturated carbocycles. The van der Waals surface area contributed by atoms with E-state index in [1.54, 1.807) is 32.0 Å². The molecular weight excluding hydrogens is 362 g/mol. The summed E-state index contributed by atoms with van der Waals surface area (Å²) in [5, 5.41) is 3.92. The number of nitrogens with one attached hydrogen (secondary N) is 1. The first-order valence-electron chi connectivity index (χ1n) is 9.25. The fourth-order valence-electron chi connectivity index (χ4n) is 3.66. The van der Waals surface area contributed by atoms with Crippen molar-refractivity contribution < 1.29 is 13.3 Å². The predicted molar refractivity (Wildman–Crippen MR) is 100 cm³/mol. The third-order valence-corrected chi connectivity index (χ3v) is 5.24.